The number of aromatic hydroxyl groups is 1. The zero-order valence-electron chi connectivity index (χ0n) is 22.2. The average molecular weight is 530 g/mol. The molecule has 0 aromatic heterocycles. The van der Waals surface area contributed by atoms with Gasteiger partial charge in [0.05, 0.1) is 17.2 Å². The summed E-state index contributed by atoms with van der Waals surface area (Å²) in [5.74, 6) is -5.54. The minimum Gasteiger partial charge on any atom is -0.510 e. The summed E-state index contributed by atoms with van der Waals surface area (Å²) in [6.07, 6.45) is 0.950. The Bertz CT molecular complexity index is 1290. The van der Waals surface area contributed by atoms with Crippen molar-refractivity contribution in [2.45, 2.75) is 51.3 Å². The van der Waals surface area contributed by atoms with Crippen LogP contribution in [0.25, 0.3) is 5.76 Å². The van der Waals surface area contributed by atoms with Gasteiger partial charge in [0.25, 0.3) is 5.91 Å². The lowest BCUT2D eigenvalue weighted by atomic mass is 9.56. The predicted octanol–water partition coefficient (Wildman–Crippen LogP) is 2.32. The van der Waals surface area contributed by atoms with Crippen molar-refractivity contribution in [3.05, 3.63) is 57.6 Å². The van der Waals surface area contributed by atoms with Crippen LogP contribution in [-0.2, 0) is 22.6 Å². The number of amides is 1. The molecule has 0 heterocycles. The maximum absolute atomic E-state index is 15.9. The van der Waals surface area contributed by atoms with Crippen molar-refractivity contribution in [2.24, 2.45) is 17.6 Å². The molecule has 0 bridgehead atoms. The second kappa shape index (κ2) is 9.83. The summed E-state index contributed by atoms with van der Waals surface area (Å²) < 4.78 is 15.9. The molecule has 4 atom stereocenters. The fourth-order valence-electron chi connectivity index (χ4n) is 6.54. The number of phenols is 1. The van der Waals surface area contributed by atoms with Crippen LogP contribution in [0.3, 0.4) is 0 Å². The highest BCUT2D eigenvalue weighted by Gasteiger charge is 2.62. The number of carbonyl (C=O) groups excluding carboxylic acids is 2. The average Bonchev–Trinajstić information content (AvgIpc) is 2.83. The van der Waals surface area contributed by atoms with Gasteiger partial charge in [-0.25, -0.2) is 4.39 Å². The zero-order chi connectivity index (χ0) is 28.3. The van der Waals surface area contributed by atoms with Gasteiger partial charge in [-0.2, -0.15) is 0 Å². The predicted molar refractivity (Wildman–Crippen MR) is 140 cm³/mol. The van der Waals surface area contributed by atoms with Crippen LogP contribution in [0.15, 0.2) is 35.1 Å². The number of aliphatic hydroxyl groups excluding tert-OH is 2. The highest BCUT2D eigenvalue weighted by atomic mass is 19.1. The third-order valence-electron chi connectivity index (χ3n) is 8.30. The second-order valence-electron chi connectivity index (χ2n) is 10.7. The van der Waals surface area contributed by atoms with E-state index in [2.05, 4.69) is 6.58 Å². The third-order valence-corrected chi connectivity index (χ3v) is 8.30. The number of ketones is 1. The van der Waals surface area contributed by atoms with Crippen LogP contribution < -0.4 is 5.73 Å². The van der Waals surface area contributed by atoms with Crippen LogP contribution in [0.2, 0.25) is 0 Å². The SMILES string of the molecule is C=C1C(C(N)=O)=C(O)[C@@H](N(C)C)[C@@H]2C[C@@H]3Cc4c(F)c(CN(CC)CCC)cc(O)c4C(O)=C3C(=O)[C@]12O. The number of hydrogen-bond acceptors (Lipinski definition) is 8. The van der Waals surface area contributed by atoms with E-state index in [9.17, 15) is 30.0 Å². The molecule has 6 N–H and O–H groups in total. The number of fused-ring (bicyclic) bond motifs is 3. The smallest absolute Gasteiger partial charge is 0.252 e. The van der Waals surface area contributed by atoms with Crippen molar-refractivity contribution >= 4 is 17.4 Å². The molecule has 10 heteroatoms. The first kappa shape index (κ1) is 27.8. The van der Waals surface area contributed by atoms with Gasteiger partial charge < -0.3 is 26.2 Å². The Kier molecular flexibility index (Phi) is 7.20. The van der Waals surface area contributed by atoms with Gasteiger partial charge in [0.15, 0.2) is 11.4 Å². The van der Waals surface area contributed by atoms with Crippen LogP contribution in [0.1, 0.15) is 43.4 Å². The van der Waals surface area contributed by atoms with E-state index >= 15 is 4.39 Å². The van der Waals surface area contributed by atoms with Gasteiger partial charge in [-0.3, -0.25) is 19.4 Å². The number of benzene rings is 1. The first-order chi connectivity index (χ1) is 17.8. The molecule has 0 unspecified atom stereocenters. The lowest BCUT2D eigenvalue weighted by Gasteiger charge is -2.52. The Morgan fingerprint density at radius 2 is 1.92 bits per heavy atom. The number of rotatable bonds is 7. The van der Waals surface area contributed by atoms with E-state index in [0.29, 0.717) is 6.54 Å². The van der Waals surface area contributed by atoms with Crippen molar-refractivity contribution in [1.29, 1.82) is 0 Å². The summed E-state index contributed by atoms with van der Waals surface area (Å²) in [5.41, 5.74) is 2.40. The van der Waals surface area contributed by atoms with Gasteiger partial charge in [-0.05, 0) is 58.4 Å². The molecule has 0 radical (unpaired) electrons. The third kappa shape index (κ3) is 3.93. The molecule has 1 fully saturated rings. The minimum absolute atomic E-state index is 0.0000394. The van der Waals surface area contributed by atoms with Crippen LogP contribution >= 0.6 is 0 Å². The Hall–Kier alpha value is -3.21. The topological polar surface area (TPSA) is 148 Å². The number of halogens is 1. The molecule has 0 aliphatic heterocycles. The largest absolute Gasteiger partial charge is 0.510 e. The van der Waals surface area contributed by atoms with Gasteiger partial charge >= 0.3 is 0 Å². The standard InChI is InChI=1S/C28H36FN3O6/c1-6-8-32(7-2)12-15-11-18(33)21-16(22(15)29)9-14-10-17-23(31(4)5)25(35)19(27(30)37)13(3)28(17,38)26(36)20(14)24(21)34/h11,14,17,23,33-35,38H,3,6-10,12H2,1-2,4-5H3,(H2,30,37)/t14-,17-,23-,28-/m0/s1. The Balaban J connectivity index is 1.87. The van der Waals surface area contributed by atoms with Crippen molar-refractivity contribution in [3.63, 3.8) is 0 Å². The summed E-state index contributed by atoms with van der Waals surface area (Å²) in [6, 6.07) is 0.306. The molecule has 0 spiro atoms. The Labute approximate surface area is 221 Å². The summed E-state index contributed by atoms with van der Waals surface area (Å²) in [7, 11) is 3.24. The number of hydrogen-bond donors (Lipinski definition) is 5. The molecule has 0 saturated heterocycles. The van der Waals surface area contributed by atoms with Gasteiger partial charge in [0, 0.05) is 34.7 Å². The van der Waals surface area contributed by atoms with E-state index in [4.69, 9.17) is 5.73 Å². The Morgan fingerprint density at radius 3 is 2.47 bits per heavy atom. The number of carbonyl (C=O) groups is 2. The van der Waals surface area contributed by atoms with Crippen LogP contribution in [0.4, 0.5) is 4.39 Å². The molecule has 1 saturated carbocycles. The molecular formula is C28H36FN3O6. The molecule has 1 aromatic rings. The van der Waals surface area contributed by atoms with E-state index < -0.39 is 58.1 Å². The summed E-state index contributed by atoms with van der Waals surface area (Å²) in [5, 5.41) is 44.9. The molecule has 1 amide bonds. The van der Waals surface area contributed by atoms with Gasteiger partial charge in [0.2, 0.25) is 0 Å². The number of nitrogens with two attached hydrogens (primary N) is 1. The molecule has 4 rings (SSSR count). The van der Waals surface area contributed by atoms with Crippen LogP contribution in [0, 0.1) is 17.7 Å². The van der Waals surface area contributed by atoms with E-state index in [1.54, 1.807) is 19.0 Å². The van der Waals surface area contributed by atoms with E-state index in [-0.39, 0.29) is 53.0 Å². The van der Waals surface area contributed by atoms with E-state index in [1.807, 2.05) is 18.7 Å². The molecule has 38 heavy (non-hydrogen) atoms. The number of phenolic OH excluding ortho intramolecular Hbond substituents is 1. The summed E-state index contributed by atoms with van der Waals surface area (Å²) >= 11 is 0. The minimum atomic E-state index is -2.35. The first-order valence-electron chi connectivity index (χ1n) is 12.9. The maximum Gasteiger partial charge on any atom is 0.252 e. The zero-order valence-corrected chi connectivity index (χ0v) is 22.2. The quantitative estimate of drug-likeness (QED) is 0.362. The maximum atomic E-state index is 15.9. The summed E-state index contributed by atoms with van der Waals surface area (Å²) in [4.78, 5) is 29.7. The second-order valence-corrected chi connectivity index (χ2v) is 10.7. The van der Waals surface area contributed by atoms with Gasteiger partial charge in [-0.15, -0.1) is 0 Å². The molecule has 3 aliphatic rings. The number of likely N-dealkylation sites (N-methyl/N-ethyl adjacent to an activating group) is 1. The number of nitrogens with zero attached hydrogens (tertiary/aromatic N) is 2. The highest BCUT2D eigenvalue weighted by molar-refractivity contribution is 6.13. The van der Waals surface area contributed by atoms with E-state index in [0.717, 1.165) is 13.0 Å². The van der Waals surface area contributed by atoms with Crippen molar-refractivity contribution in [1.82, 2.24) is 9.80 Å². The van der Waals surface area contributed by atoms with E-state index in [1.165, 1.54) is 6.07 Å². The van der Waals surface area contributed by atoms with Gasteiger partial charge in [0.1, 0.15) is 23.1 Å². The fourth-order valence-corrected chi connectivity index (χ4v) is 6.54. The molecule has 1 aromatic carbocycles. The van der Waals surface area contributed by atoms with Crippen molar-refractivity contribution in [3.8, 4) is 5.75 Å². The number of primary amides is 1. The fraction of sp³-hybridized carbons (Fsp3) is 0.500. The van der Waals surface area contributed by atoms with Crippen molar-refractivity contribution < 1.29 is 34.4 Å². The monoisotopic (exact) mass is 529 g/mol. The molecular weight excluding hydrogens is 493 g/mol. The normalized spacial score (nSPS) is 27.1. The number of aliphatic hydroxyl groups is 3. The molecule has 9 nitrogen and oxygen atoms in total. The Morgan fingerprint density at radius 1 is 1.26 bits per heavy atom. The highest BCUT2D eigenvalue weighted by Crippen LogP contribution is 2.54. The van der Waals surface area contributed by atoms with Gasteiger partial charge in [-0.1, -0.05) is 20.4 Å². The lowest BCUT2D eigenvalue weighted by molar-refractivity contribution is -0.143. The van der Waals surface area contributed by atoms with Crippen LogP contribution in [0.5, 0.6) is 5.75 Å². The van der Waals surface area contributed by atoms with Crippen LogP contribution in [-0.4, -0.2) is 80.7 Å². The first-order valence-corrected chi connectivity index (χ1v) is 12.9. The summed E-state index contributed by atoms with van der Waals surface area (Å²) in [6.45, 7) is 9.45. The van der Waals surface area contributed by atoms with Crippen molar-refractivity contribution in [2.75, 3.05) is 27.2 Å². The molecule has 3 aliphatic carbocycles. The number of Topliss-reactive ketones (excluding diaryl/α,β-unsaturated/α-hetero) is 1. The molecule has 206 valence electrons. The lowest BCUT2D eigenvalue weighted by Crippen LogP contribution is -2.63.